The minimum absolute atomic E-state index is 0.301. The number of rotatable bonds is 4. The topological polar surface area (TPSA) is 43.8 Å². The monoisotopic (exact) mass is 279 g/mol. The number of nitrogen functional groups attached to an aromatic ring is 1. The minimum Gasteiger partial charge on any atom is -0.383 e. The van der Waals surface area contributed by atoms with Crippen LogP contribution < -0.4 is 5.73 Å². The van der Waals surface area contributed by atoms with Gasteiger partial charge in [0, 0.05) is 24.2 Å². The summed E-state index contributed by atoms with van der Waals surface area (Å²) in [5, 5.41) is 4.37. The number of hydrogen-bond acceptors (Lipinski definition) is 2. The van der Waals surface area contributed by atoms with Crippen molar-refractivity contribution in [3.05, 3.63) is 35.5 Å². The van der Waals surface area contributed by atoms with Crippen molar-refractivity contribution < 1.29 is 8.78 Å². The van der Waals surface area contributed by atoms with E-state index in [1.54, 1.807) is 7.05 Å². The lowest BCUT2D eigenvalue weighted by molar-refractivity contribution is 0.547. The summed E-state index contributed by atoms with van der Waals surface area (Å²) in [7, 11) is 1.72. The summed E-state index contributed by atoms with van der Waals surface area (Å²) >= 11 is 0. The highest BCUT2D eigenvalue weighted by Gasteiger charge is 2.20. The molecule has 0 bridgehead atoms. The first kappa shape index (κ1) is 14.5. The number of halogens is 2. The van der Waals surface area contributed by atoms with E-state index in [1.165, 1.54) is 16.8 Å². The molecule has 2 aromatic rings. The summed E-state index contributed by atoms with van der Waals surface area (Å²) in [6.07, 6.45) is 1.72. The van der Waals surface area contributed by atoms with Crippen LogP contribution in [0.3, 0.4) is 0 Å². The number of aromatic nitrogens is 2. The fourth-order valence-electron chi connectivity index (χ4n) is 2.20. The summed E-state index contributed by atoms with van der Waals surface area (Å²) in [6.45, 7) is 4.20. The Labute approximate surface area is 117 Å². The molecule has 1 atom stereocenters. The van der Waals surface area contributed by atoms with Crippen molar-refractivity contribution in [2.75, 3.05) is 5.73 Å². The third kappa shape index (κ3) is 2.66. The van der Waals surface area contributed by atoms with Crippen LogP contribution in [0.1, 0.15) is 26.0 Å². The summed E-state index contributed by atoms with van der Waals surface area (Å²) in [6, 6.07) is 3.52. The van der Waals surface area contributed by atoms with E-state index in [0.29, 0.717) is 29.3 Å². The van der Waals surface area contributed by atoms with Crippen LogP contribution in [0, 0.1) is 17.6 Å². The molecule has 0 saturated carbocycles. The van der Waals surface area contributed by atoms with Crippen molar-refractivity contribution in [1.29, 1.82) is 0 Å². The molecule has 0 radical (unpaired) electrons. The number of hydrogen-bond donors (Lipinski definition) is 1. The van der Waals surface area contributed by atoms with Crippen LogP contribution in [0.2, 0.25) is 0 Å². The summed E-state index contributed by atoms with van der Waals surface area (Å²) < 4.78 is 28.6. The average molecular weight is 279 g/mol. The molecule has 20 heavy (non-hydrogen) atoms. The highest BCUT2D eigenvalue weighted by Crippen LogP contribution is 2.33. The van der Waals surface area contributed by atoms with Crippen LogP contribution in [-0.4, -0.2) is 9.78 Å². The van der Waals surface area contributed by atoms with E-state index < -0.39 is 11.6 Å². The smallest absolute Gasteiger partial charge is 0.134 e. The van der Waals surface area contributed by atoms with Gasteiger partial charge in [-0.25, -0.2) is 8.78 Å². The fraction of sp³-hybridized carbons (Fsp3) is 0.400. The molecule has 0 spiro atoms. The third-order valence-electron chi connectivity index (χ3n) is 3.60. The quantitative estimate of drug-likeness (QED) is 0.930. The Morgan fingerprint density at radius 1 is 1.35 bits per heavy atom. The predicted molar refractivity (Wildman–Crippen MR) is 76.1 cm³/mol. The number of nitrogens with zero attached hydrogens (tertiary/aromatic N) is 2. The highest BCUT2D eigenvalue weighted by molar-refractivity contribution is 5.77. The second kappa shape index (κ2) is 5.61. The zero-order valence-corrected chi connectivity index (χ0v) is 12.0. The van der Waals surface area contributed by atoms with Gasteiger partial charge in [-0.2, -0.15) is 5.10 Å². The molecule has 1 heterocycles. The van der Waals surface area contributed by atoms with Crippen LogP contribution >= 0.6 is 0 Å². The largest absolute Gasteiger partial charge is 0.383 e. The van der Waals surface area contributed by atoms with Gasteiger partial charge in [0.2, 0.25) is 0 Å². The Balaban J connectivity index is 2.54. The van der Waals surface area contributed by atoms with Gasteiger partial charge in [-0.3, -0.25) is 4.68 Å². The minimum atomic E-state index is -0.616. The van der Waals surface area contributed by atoms with Gasteiger partial charge in [-0.05, 0) is 24.5 Å². The second-order valence-electron chi connectivity index (χ2n) is 5.17. The van der Waals surface area contributed by atoms with Crippen LogP contribution in [0.4, 0.5) is 14.6 Å². The molecule has 1 unspecified atom stereocenters. The molecule has 108 valence electrons. The van der Waals surface area contributed by atoms with E-state index in [0.717, 1.165) is 18.2 Å². The molecule has 3 nitrogen and oxygen atoms in total. The van der Waals surface area contributed by atoms with Gasteiger partial charge in [0.15, 0.2) is 0 Å². The van der Waals surface area contributed by atoms with Crippen LogP contribution in [0.25, 0.3) is 11.1 Å². The average Bonchev–Trinajstić information content (AvgIpc) is 2.66. The first-order chi connectivity index (χ1) is 9.43. The van der Waals surface area contributed by atoms with Crippen molar-refractivity contribution in [1.82, 2.24) is 9.78 Å². The van der Waals surface area contributed by atoms with Gasteiger partial charge < -0.3 is 5.73 Å². The molecule has 1 aromatic carbocycles. The van der Waals surface area contributed by atoms with E-state index in [1.807, 2.05) is 0 Å². The van der Waals surface area contributed by atoms with E-state index >= 15 is 0 Å². The number of anilines is 1. The van der Waals surface area contributed by atoms with Gasteiger partial charge in [0.25, 0.3) is 0 Å². The molecule has 0 aliphatic heterocycles. The van der Waals surface area contributed by atoms with Crippen LogP contribution in [0.15, 0.2) is 18.2 Å². The summed E-state index contributed by atoms with van der Waals surface area (Å²) in [5.41, 5.74) is 7.63. The van der Waals surface area contributed by atoms with Gasteiger partial charge in [-0.1, -0.05) is 20.3 Å². The molecule has 0 amide bonds. The molecule has 0 aliphatic carbocycles. The standard InChI is InChI=1S/C15H19F2N3/c1-4-9(2)7-13-14(15(18)20(3)19-13)11-6-5-10(16)8-12(11)17/h5-6,8-9H,4,7,18H2,1-3H3. The number of aryl methyl sites for hydroxylation is 1. The molecule has 0 fully saturated rings. The molecule has 0 saturated heterocycles. The molecule has 2 N–H and O–H groups in total. The lowest BCUT2D eigenvalue weighted by Crippen LogP contribution is -2.01. The SMILES string of the molecule is CCC(C)Cc1nn(C)c(N)c1-c1ccc(F)cc1F. The number of nitrogens with two attached hydrogens (primary N) is 1. The maximum absolute atomic E-state index is 14.0. The predicted octanol–water partition coefficient (Wildman–Crippen LogP) is 3.54. The van der Waals surface area contributed by atoms with Crippen molar-refractivity contribution >= 4 is 5.82 Å². The Morgan fingerprint density at radius 3 is 2.65 bits per heavy atom. The molecule has 2 rings (SSSR count). The fourth-order valence-corrected chi connectivity index (χ4v) is 2.20. The first-order valence-electron chi connectivity index (χ1n) is 6.70. The number of benzene rings is 1. The molecular formula is C15H19F2N3. The van der Waals surface area contributed by atoms with E-state index in [2.05, 4.69) is 18.9 Å². The Bertz CT molecular complexity index is 620. The van der Waals surface area contributed by atoms with Gasteiger partial charge in [0.1, 0.15) is 17.5 Å². The second-order valence-corrected chi connectivity index (χ2v) is 5.17. The van der Waals surface area contributed by atoms with Gasteiger partial charge in [0.05, 0.1) is 5.69 Å². The first-order valence-corrected chi connectivity index (χ1v) is 6.70. The van der Waals surface area contributed by atoms with E-state index in [-0.39, 0.29) is 0 Å². The van der Waals surface area contributed by atoms with Crippen molar-refractivity contribution in [2.45, 2.75) is 26.7 Å². The Morgan fingerprint density at radius 2 is 2.05 bits per heavy atom. The van der Waals surface area contributed by atoms with Crippen molar-refractivity contribution in [3.63, 3.8) is 0 Å². The maximum Gasteiger partial charge on any atom is 0.134 e. The zero-order valence-electron chi connectivity index (χ0n) is 12.0. The van der Waals surface area contributed by atoms with Gasteiger partial charge >= 0.3 is 0 Å². The molecule has 5 heteroatoms. The van der Waals surface area contributed by atoms with E-state index in [9.17, 15) is 8.78 Å². The van der Waals surface area contributed by atoms with E-state index in [4.69, 9.17) is 5.73 Å². The van der Waals surface area contributed by atoms with Gasteiger partial charge in [-0.15, -0.1) is 0 Å². The third-order valence-corrected chi connectivity index (χ3v) is 3.60. The maximum atomic E-state index is 14.0. The molecule has 0 aliphatic rings. The lowest BCUT2D eigenvalue weighted by Gasteiger charge is -2.09. The lowest BCUT2D eigenvalue weighted by atomic mass is 9.97. The zero-order chi connectivity index (χ0) is 14.9. The normalized spacial score (nSPS) is 12.7. The van der Waals surface area contributed by atoms with Crippen molar-refractivity contribution in [3.8, 4) is 11.1 Å². The summed E-state index contributed by atoms with van der Waals surface area (Å²) in [4.78, 5) is 0. The Hall–Kier alpha value is -1.91. The summed E-state index contributed by atoms with van der Waals surface area (Å²) in [5.74, 6) is -0.396. The Kier molecular flexibility index (Phi) is 4.06. The molecular weight excluding hydrogens is 260 g/mol. The molecule has 1 aromatic heterocycles. The highest BCUT2D eigenvalue weighted by atomic mass is 19.1. The van der Waals surface area contributed by atoms with Crippen LogP contribution in [-0.2, 0) is 13.5 Å². The van der Waals surface area contributed by atoms with Crippen molar-refractivity contribution in [2.24, 2.45) is 13.0 Å². The van der Waals surface area contributed by atoms with Crippen LogP contribution in [0.5, 0.6) is 0 Å².